The number of ketones is 1. The number of hydrogen-bond acceptors (Lipinski definition) is 6. The lowest BCUT2D eigenvalue weighted by molar-refractivity contribution is 0.0525. The zero-order chi connectivity index (χ0) is 21.8. The van der Waals surface area contributed by atoms with Crippen molar-refractivity contribution in [3.8, 4) is 5.75 Å². The van der Waals surface area contributed by atoms with E-state index in [4.69, 9.17) is 9.47 Å². The fourth-order valence-corrected chi connectivity index (χ4v) is 4.04. The van der Waals surface area contributed by atoms with Crippen molar-refractivity contribution in [3.05, 3.63) is 46.8 Å². The third-order valence-corrected chi connectivity index (χ3v) is 5.84. The smallest absolute Gasteiger partial charge is 0.340 e. The quantitative estimate of drug-likeness (QED) is 0.555. The van der Waals surface area contributed by atoms with Gasteiger partial charge in [-0.3, -0.25) is 9.69 Å². The molecule has 0 radical (unpaired) electrons. The van der Waals surface area contributed by atoms with Crippen LogP contribution in [0.1, 0.15) is 46.0 Å². The zero-order valence-electron chi connectivity index (χ0n) is 18.4. The summed E-state index contributed by atoms with van der Waals surface area (Å²) >= 11 is 0. The van der Waals surface area contributed by atoms with Crippen LogP contribution in [0.15, 0.2) is 24.3 Å². The molecule has 7 heteroatoms. The Balaban J connectivity index is 1.66. The van der Waals surface area contributed by atoms with Crippen molar-refractivity contribution in [2.75, 3.05) is 44.8 Å². The van der Waals surface area contributed by atoms with Crippen LogP contribution in [-0.4, -0.2) is 67.6 Å². The molecule has 0 aliphatic carbocycles. The first-order valence-electron chi connectivity index (χ1n) is 10.4. The molecular formula is C23H31N3O4. The van der Waals surface area contributed by atoms with Gasteiger partial charge in [-0.1, -0.05) is 0 Å². The molecule has 7 nitrogen and oxygen atoms in total. The van der Waals surface area contributed by atoms with Crippen LogP contribution in [0.3, 0.4) is 0 Å². The van der Waals surface area contributed by atoms with Crippen LogP contribution in [-0.2, 0) is 4.74 Å². The van der Waals surface area contributed by atoms with Crippen molar-refractivity contribution in [1.29, 1.82) is 0 Å². The Kier molecular flexibility index (Phi) is 6.82. The standard InChI is InChI=1S/C23H31N3O4/c1-6-30-23(28)20-15(2)21(24-16(20)3)22(27)17(4)25-11-13-26(14-12-25)18-7-9-19(29-5)10-8-18/h7-10,17,24H,6,11-14H2,1-5H3/t17-/m1/s1. The number of piperazine rings is 1. The number of Topliss-reactive ketones (excluding diaryl/α,β-unsaturated/α-hetero) is 1. The molecule has 0 amide bonds. The van der Waals surface area contributed by atoms with Crippen LogP contribution in [0.4, 0.5) is 5.69 Å². The summed E-state index contributed by atoms with van der Waals surface area (Å²) in [5.41, 5.74) is 3.47. The first kappa shape index (κ1) is 21.9. The fraction of sp³-hybridized carbons (Fsp3) is 0.478. The summed E-state index contributed by atoms with van der Waals surface area (Å²) in [6.07, 6.45) is 0. The topological polar surface area (TPSA) is 74.9 Å². The van der Waals surface area contributed by atoms with Crippen LogP contribution in [0.2, 0.25) is 0 Å². The third-order valence-electron chi connectivity index (χ3n) is 5.84. The van der Waals surface area contributed by atoms with E-state index in [2.05, 4.69) is 26.9 Å². The number of anilines is 1. The lowest BCUT2D eigenvalue weighted by Gasteiger charge is -2.38. The van der Waals surface area contributed by atoms with Crippen LogP contribution < -0.4 is 9.64 Å². The van der Waals surface area contributed by atoms with Gasteiger partial charge in [-0.25, -0.2) is 4.79 Å². The van der Waals surface area contributed by atoms with Gasteiger partial charge in [-0.15, -0.1) is 0 Å². The van der Waals surface area contributed by atoms with Crippen molar-refractivity contribution in [2.24, 2.45) is 0 Å². The maximum absolute atomic E-state index is 13.2. The van der Waals surface area contributed by atoms with E-state index in [1.165, 1.54) is 0 Å². The molecule has 30 heavy (non-hydrogen) atoms. The molecule has 3 rings (SSSR count). The Bertz CT molecular complexity index is 896. The molecule has 1 aliphatic heterocycles. The summed E-state index contributed by atoms with van der Waals surface area (Å²) < 4.78 is 10.4. The molecule has 0 bridgehead atoms. The number of H-pyrrole nitrogens is 1. The van der Waals surface area contributed by atoms with E-state index in [1.54, 1.807) is 27.9 Å². The van der Waals surface area contributed by atoms with Crippen molar-refractivity contribution in [2.45, 2.75) is 33.7 Å². The summed E-state index contributed by atoms with van der Waals surface area (Å²) in [5.74, 6) is 0.461. The minimum absolute atomic E-state index is 0.00375. The number of aromatic amines is 1. The van der Waals surface area contributed by atoms with Gasteiger partial charge in [0.05, 0.1) is 31.0 Å². The zero-order valence-corrected chi connectivity index (χ0v) is 18.4. The van der Waals surface area contributed by atoms with Crippen molar-refractivity contribution in [1.82, 2.24) is 9.88 Å². The lowest BCUT2D eigenvalue weighted by Crippen LogP contribution is -2.51. The highest BCUT2D eigenvalue weighted by atomic mass is 16.5. The number of methoxy groups -OCH3 is 1. The Morgan fingerprint density at radius 3 is 2.30 bits per heavy atom. The fourth-order valence-electron chi connectivity index (χ4n) is 4.04. The van der Waals surface area contributed by atoms with E-state index in [0.29, 0.717) is 29.1 Å². The van der Waals surface area contributed by atoms with Crippen molar-refractivity contribution >= 4 is 17.4 Å². The van der Waals surface area contributed by atoms with Crippen molar-refractivity contribution in [3.63, 3.8) is 0 Å². The van der Waals surface area contributed by atoms with Crippen LogP contribution >= 0.6 is 0 Å². The predicted octanol–water partition coefficient (Wildman–Crippen LogP) is 3.21. The molecule has 1 fully saturated rings. The maximum atomic E-state index is 13.2. The van der Waals surface area contributed by atoms with E-state index in [9.17, 15) is 9.59 Å². The molecular weight excluding hydrogens is 382 g/mol. The first-order chi connectivity index (χ1) is 14.4. The summed E-state index contributed by atoms with van der Waals surface area (Å²) in [6.45, 7) is 10.9. The molecule has 1 aromatic heterocycles. The monoisotopic (exact) mass is 413 g/mol. The molecule has 1 atom stereocenters. The molecule has 2 aromatic rings. The number of ether oxygens (including phenoxy) is 2. The SMILES string of the molecule is CCOC(=O)c1c(C)[nH]c(C(=O)[C@@H](C)N2CCN(c3ccc(OC)cc3)CC2)c1C. The second-order valence-corrected chi connectivity index (χ2v) is 7.61. The summed E-state index contributed by atoms with van der Waals surface area (Å²) in [7, 11) is 1.66. The number of esters is 1. The van der Waals surface area contributed by atoms with Crippen LogP contribution in [0, 0.1) is 13.8 Å². The number of benzene rings is 1. The number of rotatable bonds is 7. The van der Waals surface area contributed by atoms with E-state index in [-0.39, 0.29) is 17.8 Å². The number of nitrogens with zero attached hydrogens (tertiary/aromatic N) is 2. The van der Waals surface area contributed by atoms with E-state index in [1.807, 2.05) is 19.1 Å². The summed E-state index contributed by atoms with van der Waals surface area (Å²) in [6, 6.07) is 7.78. The molecule has 162 valence electrons. The number of nitrogens with one attached hydrogen (secondary N) is 1. The second-order valence-electron chi connectivity index (χ2n) is 7.61. The average Bonchev–Trinajstić information content (AvgIpc) is 3.07. The molecule has 0 unspecified atom stereocenters. The Hall–Kier alpha value is -2.80. The number of aryl methyl sites for hydroxylation is 1. The van der Waals surface area contributed by atoms with Gasteiger partial charge in [0.1, 0.15) is 5.75 Å². The highest BCUT2D eigenvalue weighted by Crippen LogP contribution is 2.24. The van der Waals surface area contributed by atoms with Gasteiger partial charge >= 0.3 is 5.97 Å². The molecule has 1 saturated heterocycles. The predicted molar refractivity (Wildman–Crippen MR) is 117 cm³/mol. The minimum atomic E-state index is -0.386. The van der Waals surface area contributed by atoms with Crippen LogP contribution in [0.5, 0.6) is 5.75 Å². The molecule has 1 aromatic carbocycles. The van der Waals surface area contributed by atoms with Gasteiger partial charge < -0.3 is 19.4 Å². The Morgan fingerprint density at radius 2 is 1.73 bits per heavy atom. The van der Waals surface area contributed by atoms with Gasteiger partial charge in [-0.05, 0) is 57.5 Å². The number of carbonyl (C=O) groups excluding carboxylic acids is 2. The van der Waals surface area contributed by atoms with Crippen LogP contribution in [0.25, 0.3) is 0 Å². The highest BCUT2D eigenvalue weighted by Gasteiger charge is 2.30. The van der Waals surface area contributed by atoms with Gasteiger partial charge in [0.15, 0.2) is 5.78 Å². The highest BCUT2D eigenvalue weighted by molar-refractivity contribution is 6.03. The molecule has 0 saturated carbocycles. The molecule has 2 heterocycles. The lowest BCUT2D eigenvalue weighted by atomic mass is 10.0. The summed E-state index contributed by atoms with van der Waals surface area (Å²) in [4.78, 5) is 33.0. The second kappa shape index (κ2) is 9.34. The minimum Gasteiger partial charge on any atom is -0.497 e. The van der Waals surface area contributed by atoms with E-state index >= 15 is 0 Å². The number of aromatic nitrogens is 1. The molecule has 1 N–H and O–H groups in total. The van der Waals surface area contributed by atoms with Gasteiger partial charge in [-0.2, -0.15) is 0 Å². The maximum Gasteiger partial charge on any atom is 0.340 e. The van der Waals surface area contributed by atoms with Gasteiger partial charge in [0.25, 0.3) is 0 Å². The molecule has 0 spiro atoms. The molecule has 1 aliphatic rings. The number of carbonyl (C=O) groups is 2. The largest absolute Gasteiger partial charge is 0.497 e. The normalized spacial score (nSPS) is 15.7. The van der Waals surface area contributed by atoms with E-state index in [0.717, 1.165) is 37.6 Å². The average molecular weight is 414 g/mol. The summed E-state index contributed by atoms with van der Waals surface area (Å²) in [5, 5.41) is 0. The van der Waals surface area contributed by atoms with Gasteiger partial charge in [0.2, 0.25) is 0 Å². The van der Waals surface area contributed by atoms with E-state index < -0.39 is 0 Å². The Morgan fingerprint density at radius 1 is 1.10 bits per heavy atom. The first-order valence-corrected chi connectivity index (χ1v) is 10.4. The van der Waals surface area contributed by atoms with Crippen molar-refractivity contribution < 1.29 is 19.1 Å². The Labute approximate surface area is 178 Å². The number of hydrogen-bond donors (Lipinski definition) is 1. The third kappa shape index (κ3) is 4.36. The van der Waals surface area contributed by atoms with Gasteiger partial charge in [0, 0.05) is 37.6 Å².